The number of hydrogen-bond acceptors (Lipinski definition) is 6. The minimum absolute atomic E-state index is 0.0355. The van der Waals surface area contributed by atoms with Crippen molar-refractivity contribution in [1.29, 1.82) is 0 Å². The van der Waals surface area contributed by atoms with Crippen molar-refractivity contribution >= 4 is 11.7 Å². The summed E-state index contributed by atoms with van der Waals surface area (Å²) >= 11 is 0. The molecule has 2 aromatic rings. The van der Waals surface area contributed by atoms with E-state index in [1.165, 1.54) is 0 Å². The highest BCUT2D eigenvalue weighted by Gasteiger charge is 2.39. The molecule has 1 aliphatic carbocycles. The molecule has 3 atom stereocenters. The molecule has 1 amide bonds. The third-order valence-corrected chi connectivity index (χ3v) is 6.89. The van der Waals surface area contributed by atoms with Crippen molar-refractivity contribution in [2.45, 2.75) is 57.5 Å². The van der Waals surface area contributed by atoms with Crippen LogP contribution in [0, 0.1) is 0 Å². The molecule has 2 aromatic carbocycles. The Morgan fingerprint density at radius 2 is 1.63 bits per heavy atom. The van der Waals surface area contributed by atoms with Gasteiger partial charge < -0.3 is 24.3 Å². The summed E-state index contributed by atoms with van der Waals surface area (Å²) in [4.78, 5) is 26.4. The highest BCUT2D eigenvalue weighted by molar-refractivity contribution is 6.02. The number of nitrogens with one attached hydrogen (secondary N) is 1. The van der Waals surface area contributed by atoms with Gasteiger partial charge in [-0.05, 0) is 49.4 Å². The van der Waals surface area contributed by atoms with Crippen LogP contribution < -0.4 is 24.3 Å². The molecular formula is C28H33NO6. The summed E-state index contributed by atoms with van der Waals surface area (Å²) in [6, 6.07) is 11.5. The van der Waals surface area contributed by atoms with Crippen LogP contribution in [0.25, 0.3) is 0 Å². The number of ether oxygens (including phenoxy) is 4. The van der Waals surface area contributed by atoms with Crippen LogP contribution in [0.4, 0.5) is 0 Å². The molecular weight excluding hydrogens is 446 g/mol. The van der Waals surface area contributed by atoms with Crippen molar-refractivity contribution < 1.29 is 28.5 Å². The molecule has 0 saturated carbocycles. The molecule has 7 heteroatoms. The SMILES string of the molecule is CCC(C)Oc1ccccc1C1CC(=O)NC2=C1C(=O)CC(c1cc(OC)c(OC)c(OC)c1)C2. The Morgan fingerprint density at radius 3 is 2.26 bits per heavy atom. The fraction of sp³-hybridized carbons (Fsp3) is 0.429. The number of rotatable bonds is 8. The Kier molecular flexibility index (Phi) is 7.34. The van der Waals surface area contributed by atoms with Gasteiger partial charge in [-0.2, -0.15) is 0 Å². The maximum atomic E-state index is 13.6. The molecule has 0 saturated heterocycles. The first-order valence-corrected chi connectivity index (χ1v) is 12.0. The summed E-state index contributed by atoms with van der Waals surface area (Å²) in [6.07, 6.45) is 1.99. The molecule has 7 nitrogen and oxygen atoms in total. The van der Waals surface area contributed by atoms with E-state index >= 15 is 0 Å². The van der Waals surface area contributed by atoms with Gasteiger partial charge in [0.25, 0.3) is 0 Å². The van der Waals surface area contributed by atoms with Crippen LogP contribution in [0.3, 0.4) is 0 Å². The number of Topliss-reactive ketones (excluding diaryl/α,β-unsaturated/α-hetero) is 1. The maximum Gasteiger partial charge on any atom is 0.225 e. The zero-order valence-corrected chi connectivity index (χ0v) is 21.0. The number of carbonyl (C=O) groups excluding carboxylic acids is 2. The molecule has 0 bridgehead atoms. The number of ketones is 1. The summed E-state index contributed by atoms with van der Waals surface area (Å²) in [5.41, 5.74) is 3.17. The molecule has 186 valence electrons. The standard InChI is InChI=1S/C28H33NO6/c1-6-16(2)35-23-10-8-7-9-19(23)20-15-26(31)29-21-11-17(12-22(30)27(20)21)18-13-24(32-3)28(34-5)25(14-18)33-4/h7-10,13-14,16-17,20H,6,11-12,15H2,1-5H3,(H,29,31). The topological polar surface area (TPSA) is 83.1 Å². The van der Waals surface area contributed by atoms with Gasteiger partial charge in [0.2, 0.25) is 11.7 Å². The maximum absolute atomic E-state index is 13.6. The van der Waals surface area contributed by atoms with Crippen molar-refractivity contribution in [3.05, 3.63) is 58.8 Å². The van der Waals surface area contributed by atoms with E-state index in [4.69, 9.17) is 18.9 Å². The van der Waals surface area contributed by atoms with Crippen LogP contribution in [0.5, 0.6) is 23.0 Å². The summed E-state index contributed by atoms with van der Waals surface area (Å²) < 4.78 is 22.6. The van der Waals surface area contributed by atoms with Gasteiger partial charge in [-0.1, -0.05) is 25.1 Å². The normalized spacial score (nSPS) is 20.6. The average Bonchev–Trinajstić information content (AvgIpc) is 2.87. The highest BCUT2D eigenvalue weighted by Crippen LogP contribution is 2.47. The number of hydrogen-bond donors (Lipinski definition) is 1. The van der Waals surface area contributed by atoms with E-state index in [9.17, 15) is 9.59 Å². The zero-order chi connectivity index (χ0) is 25.1. The summed E-state index contributed by atoms with van der Waals surface area (Å²) in [5, 5.41) is 2.99. The monoisotopic (exact) mass is 479 g/mol. The van der Waals surface area contributed by atoms with Crippen molar-refractivity contribution in [2.24, 2.45) is 0 Å². The fourth-order valence-electron chi connectivity index (χ4n) is 4.97. The minimum Gasteiger partial charge on any atom is -0.493 e. The molecule has 0 radical (unpaired) electrons. The Morgan fingerprint density at radius 1 is 0.943 bits per heavy atom. The quantitative estimate of drug-likeness (QED) is 0.580. The lowest BCUT2D eigenvalue weighted by Crippen LogP contribution is -2.38. The summed E-state index contributed by atoms with van der Waals surface area (Å²) in [6.45, 7) is 4.08. The van der Waals surface area contributed by atoms with E-state index in [1.54, 1.807) is 21.3 Å². The van der Waals surface area contributed by atoms with Crippen molar-refractivity contribution in [1.82, 2.24) is 5.32 Å². The van der Waals surface area contributed by atoms with Gasteiger partial charge in [-0.3, -0.25) is 9.59 Å². The zero-order valence-electron chi connectivity index (χ0n) is 21.0. The molecule has 35 heavy (non-hydrogen) atoms. The van der Waals surface area contributed by atoms with Gasteiger partial charge in [-0.25, -0.2) is 0 Å². The van der Waals surface area contributed by atoms with Gasteiger partial charge in [0, 0.05) is 35.6 Å². The van der Waals surface area contributed by atoms with Crippen LogP contribution in [-0.2, 0) is 9.59 Å². The molecule has 1 heterocycles. The van der Waals surface area contributed by atoms with Gasteiger partial charge in [-0.15, -0.1) is 0 Å². The second kappa shape index (κ2) is 10.4. The third kappa shape index (κ3) is 4.85. The third-order valence-electron chi connectivity index (χ3n) is 6.89. The highest BCUT2D eigenvalue weighted by atomic mass is 16.5. The van der Waals surface area contributed by atoms with Gasteiger partial charge in [0.05, 0.1) is 27.4 Å². The molecule has 0 spiro atoms. The predicted molar refractivity (Wildman–Crippen MR) is 132 cm³/mol. The largest absolute Gasteiger partial charge is 0.493 e. The van der Waals surface area contributed by atoms with Gasteiger partial charge in [0.1, 0.15) is 5.75 Å². The van der Waals surface area contributed by atoms with Crippen LogP contribution in [-0.4, -0.2) is 39.1 Å². The Balaban J connectivity index is 1.72. The number of para-hydroxylation sites is 1. The second-order valence-corrected chi connectivity index (χ2v) is 9.06. The van der Waals surface area contributed by atoms with E-state index in [0.29, 0.717) is 41.4 Å². The number of benzene rings is 2. The molecule has 0 fully saturated rings. The lowest BCUT2D eigenvalue weighted by molar-refractivity contribution is -0.122. The van der Waals surface area contributed by atoms with Crippen LogP contribution in [0.15, 0.2) is 47.7 Å². The van der Waals surface area contributed by atoms with Crippen LogP contribution >= 0.6 is 0 Å². The molecule has 1 N–H and O–H groups in total. The van der Waals surface area contributed by atoms with E-state index in [1.807, 2.05) is 43.3 Å². The molecule has 3 unspecified atom stereocenters. The summed E-state index contributed by atoms with van der Waals surface area (Å²) in [5.74, 6) is 1.80. The Labute approximate surface area is 206 Å². The fourth-order valence-corrected chi connectivity index (χ4v) is 4.97. The first kappa shape index (κ1) is 24.6. The van der Waals surface area contributed by atoms with Crippen molar-refractivity contribution in [3.63, 3.8) is 0 Å². The van der Waals surface area contributed by atoms with Gasteiger partial charge in [0.15, 0.2) is 17.3 Å². The van der Waals surface area contributed by atoms with Crippen molar-refractivity contribution in [3.8, 4) is 23.0 Å². The molecule has 1 aliphatic heterocycles. The first-order chi connectivity index (χ1) is 16.9. The minimum atomic E-state index is -0.326. The Hall–Kier alpha value is -3.48. The second-order valence-electron chi connectivity index (χ2n) is 9.06. The van der Waals surface area contributed by atoms with E-state index in [2.05, 4.69) is 12.2 Å². The smallest absolute Gasteiger partial charge is 0.225 e. The molecule has 4 rings (SSSR count). The van der Waals surface area contributed by atoms with E-state index in [0.717, 1.165) is 23.3 Å². The van der Waals surface area contributed by atoms with Crippen LogP contribution in [0.2, 0.25) is 0 Å². The lowest BCUT2D eigenvalue weighted by Gasteiger charge is -2.35. The number of allylic oxidation sites excluding steroid dienone is 2. The lowest BCUT2D eigenvalue weighted by atomic mass is 9.73. The molecule has 0 aromatic heterocycles. The number of amides is 1. The average molecular weight is 480 g/mol. The number of carbonyl (C=O) groups is 2. The first-order valence-electron chi connectivity index (χ1n) is 12.0. The summed E-state index contributed by atoms with van der Waals surface area (Å²) in [7, 11) is 4.69. The number of methoxy groups -OCH3 is 3. The predicted octanol–water partition coefficient (Wildman–Crippen LogP) is 4.89. The van der Waals surface area contributed by atoms with E-state index < -0.39 is 0 Å². The Bertz CT molecular complexity index is 1130. The van der Waals surface area contributed by atoms with E-state index in [-0.39, 0.29) is 36.1 Å². The van der Waals surface area contributed by atoms with Crippen LogP contribution in [0.1, 0.15) is 62.5 Å². The van der Waals surface area contributed by atoms with Gasteiger partial charge >= 0.3 is 0 Å². The molecule has 2 aliphatic rings. The van der Waals surface area contributed by atoms with Crippen molar-refractivity contribution in [2.75, 3.05) is 21.3 Å².